The predicted octanol–water partition coefficient (Wildman–Crippen LogP) is -4.60. The maximum atomic E-state index is 7.08. The molecule has 0 aliphatic heterocycles. The van der Waals surface area contributed by atoms with Gasteiger partial charge >= 0.3 is 0 Å². The van der Waals surface area contributed by atoms with Crippen molar-refractivity contribution in [2.45, 2.75) is 0 Å². The van der Waals surface area contributed by atoms with Crippen LogP contribution >= 0.6 is 0 Å². The molecule has 17 nitrogen and oxygen atoms in total. The van der Waals surface area contributed by atoms with Gasteiger partial charge in [0.25, 0.3) is 0 Å². The molecule has 0 aliphatic rings. The van der Waals surface area contributed by atoms with E-state index in [1.54, 1.807) is 5.01 Å². The summed E-state index contributed by atoms with van der Waals surface area (Å²) in [5.74, 6) is 21.9. The van der Waals surface area contributed by atoms with E-state index < -0.39 is 0 Å². The number of hydrogen-bond acceptors (Lipinski definition) is 16. The van der Waals surface area contributed by atoms with Crippen molar-refractivity contribution in [2.75, 3.05) is 118 Å². The van der Waals surface area contributed by atoms with Crippen LogP contribution in [0.2, 0.25) is 0 Å². The highest BCUT2D eigenvalue weighted by Gasteiger charge is 2.11. The van der Waals surface area contributed by atoms with Gasteiger partial charge in [0.1, 0.15) is 0 Å². The van der Waals surface area contributed by atoms with E-state index in [-0.39, 0.29) is 0 Å². The fraction of sp³-hybridized carbons (Fsp3) is 1.00. The quantitative estimate of drug-likeness (QED) is 0.0218. The summed E-state index contributed by atoms with van der Waals surface area (Å²) in [6, 6.07) is 0. The van der Waals surface area contributed by atoms with Gasteiger partial charge in [-0.3, -0.25) is 53.9 Å². The van der Waals surface area contributed by atoms with E-state index in [0.717, 1.165) is 72.0 Å². The molecule has 0 aromatic carbocycles. The molecule has 0 fully saturated rings. The molecule has 0 unspecified atom stereocenters. The summed E-state index contributed by atoms with van der Waals surface area (Å²) >= 11 is 0. The molecule has 208 valence electrons. The summed E-state index contributed by atoms with van der Waals surface area (Å²) in [6.45, 7) is 13.2. The maximum Gasteiger partial charge on any atom is 0.0747 e. The highest BCUT2D eigenvalue weighted by Crippen LogP contribution is 1.95. The molecule has 15 N–H and O–H groups in total. The molecule has 35 heavy (non-hydrogen) atoms. The monoisotopic (exact) mass is 505 g/mol. The van der Waals surface area contributed by atoms with Crippen LogP contribution in [0.25, 0.3) is 0 Å². The lowest BCUT2D eigenvalue weighted by molar-refractivity contribution is 0.177. The summed E-state index contributed by atoms with van der Waals surface area (Å²) < 4.78 is 0. The lowest BCUT2D eigenvalue weighted by atomic mass is 10.3. The second-order valence-electron chi connectivity index (χ2n) is 7.97. The summed E-state index contributed by atoms with van der Waals surface area (Å²) in [6.07, 6.45) is 0. The molecule has 0 atom stereocenters. The molecule has 0 spiro atoms. The Balaban J connectivity index is 4.54. The van der Waals surface area contributed by atoms with Gasteiger partial charge in [-0.1, -0.05) is 5.22 Å². The normalized spacial score (nSPS) is 12.2. The van der Waals surface area contributed by atoms with Crippen LogP contribution in [-0.4, -0.2) is 138 Å². The van der Waals surface area contributed by atoms with Crippen LogP contribution in [0.4, 0.5) is 0 Å². The molecule has 0 aromatic rings. The molecule has 0 aliphatic carbocycles. The van der Waals surface area contributed by atoms with Crippen molar-refractivity contribution in [3.63, 3.8) is 0 Å². The van der Waals surface area contributed by atoms with E-state index in [9.17, 15) is 0 Å². The third-order valence-electron chi connectivity index (χ3n) is 5.35. The van der Waals surface area contributed by atoms with E-state index in [1.807, 2.05) is 0 Å². The standard InChI is InChI=1S/C18H51N17/c19-1-8-32(9-2-25-20)11-5-28-29-6-12-34(17-18-35(24)14-4-27-22)16-15-33(10-3-26-21)13-7-30-31-23/h21,25,27-29H,1-20,22,24H2,(H2,23,30). The molecule has 0 saturated heterocycles. The van der Waals surface area contributed by atoms with Crippen molar-refractivity contribution in [3.8, 4) is 0 Å². The van der Waals surface area contributed by atoms with Crippen LogP contribution in [0, 0.1) is 5.53 Å². The molecule has 0 bridgehead atoms. The van der Waals surface area contributed by atoms with Crippen molar-refractivity contribution in [2.24, 2.45) is 44.6 Å². The second-order valence-corrected chi connectivity index (χ2v) is 7.97. The highest BCUT2D eigenvalue weighted by molar-refractivity contribution is 4.68. The average molecular weight is 506 g/mol. The van der Waals surface area contributed by atoms with Crippen LogP contribution in [0.1, 0.15) is 0 Å². The van der Waals surface area contributed by atoms with E-state index in [4.69, 9.17) is 34.6 Å². The largest absolute Gasteiger partial charge is 0.329 e. The van der Waals surface area contributed by atoms with Gasteiger partial charge in [0.05, 0.1) is 13.1 Å². The first kappa shape index (κ1) is 33.5. The fourth-order valence-electron chi connectivity index (χ4n) is 3.32. The van der Waals surface area contributed by atoms with Gasteiger partial charge in [0, 0.05) is 105 Å². The van der Waals surface area contributed by atoms with Gasteiger partial charge in [-0.25, -0.2) is 10.5 Å². The minimum atomic E-state index is 0.455. The van der Waals surface area contributed by atoms with Gasteiger partial charge in [0.15, 0.2) is 0 Å². The Labute approximate surface area is 209 Å². The average Bonchev–Trinajstić information content (AvgIpc) is 2.86. The lowest BCUT2D eigenvalue weighted by Gasteiger charge is -2.28. The molecular weight excluding hydrogens is 454 g/mol. The summed E-state index contributed by atoms with van der Waals surface area (Å²) in [5.41, 5.74) is 24.6. The van der Waals surface area contributed by atoms with Gasteiger partial charge in [-0.05, 0) is 0 Å². The first-order valence-electron chi connectivity index (χ1n) is 12.2. The third kappa shape index (κ3) is 21.5. The van der Waals surface area contributed by atoms with E-state index in [2.05, 4.69) is 51.9 Å². The van der Waals surface area contributed by atoms with Crippen molar-refractivity contribution in [1.82, 2.24) is 41.4 Å². The van der Waals surface area contributed by atoms with Gasteiger partial charge < -0.3 is 11.6 Å². The Bertz CT molecular complexity index is 482. The Morgan fingerprint density at radius 3 is 1.71 bits per heavy atom. The van der Waals surface area contributed by atoms with Gasteiger partial charge in [-0.2, -0.15) is 10.2 Å². The molecule has 0 heterocycles. The van der Waals surface area contributed by atoms with E-state index in [0.29, 0.717) is 45.8 Å². The third-order valence-corrected chi connectivity index (χ3v) is 5.35. The van der Waals surface area contributed by atoms with Crippen molar-refractivity contribution >= 4 is 0 Å². The van der Waals surface area contributed by atoms with Crippen LogP contribution in [0.3, 0.4) is 0 Å². The zero-order chi connectivity index (χ0) is 26.0. The number of nitrogens with one attached hydrogen (secondary N) is 5. The zero-order valence-corrected chi connectivity index (χ0v) is 21.2. The van der Waals surface area contributed by atoms with Crippen LogP contribution in [-0.2, 0) is 0 Å². The summed E-state index contributed by atoms with van der Waals surface area (Å²) in [4.78, 5) is 6.83. The number of nitrogens with two attached hydrogens (primary N) is 5. The zero-order valence-electron chi connectivity index (χ0n) is 21.2. The molecule has 0 amide bonds. The predicted molar refractivity (Wildman–Crippen MR) is 138 cm³/mol. The molecule has 0 aromatic heterocycles. The molecule has 0 radical (unpaired) electrons. The number of hydrogen-bond donors (Lipinski definition) is 10. The van der Waals surface area contributed by atoms with Crippen LogP contribution in [0.15, 0.2) is 15.5 Å². The Hall–Kier alpha value is -1.48. The van der Waals surface area contributed by atoms with Gasteiger partial charge in [0.2, 0.25) is 0 Å². The van der Waals surface area contributed by atoms with Gasteiger partial charge in [-0.15, -0.1) is 0 Å². The van der Waals surface area contributed by atoms with E-state index >= 15 is 0 Å². The molecular formula is C18H51N17. The smallest absolute Gasteiger partial charge is 0.0747 e. The number of rotatable bonds is 27. The first-order chi connectivity index (χ1) is 17.1. The van der Waals surface area contributed by atoms with Crippen LogP contribution in [0.5, 0.6) is 0 Å². The Kier molecular flexibility index (Phi) is 24.5. The summed E-state index contributed by atoms with van der Waals surface area (Å²) in [5, 5.41) is 12.4. The minimum absolute atomic E-state index is 0.455. The molecule has 0 saturated carbocycles. The fourth-order valence-corrected chi connectivity index (χ4v) is 3.32. The minimum Gasteiger partial charge on any atom is -0.329 e. The number of hydrazine groups is 4. The highest BCUT2D eigenvalue weighted by atomic mass is 15.4. The van der Waals surface area contributed by atoms with Crippen LogP contribution < -0.4 is 50.8 Å². The van der Waals surface area contributed by atoms with Crippen molar-refractivity contribution in [1.29, 1.82) is 5.53 Å². The Morgan fingerprint density at radius 1 is 0.629 bits per heavy atom. The first-order valence-corrected chi connectivity index (χ1v) is 12.2. The molecule has 17 heteroatoms. The SMILES string of the molecule is N=NCCN(CCN=NN)CCN(CCNNCCN(CCN)CCNN)CCN(N)CCNN. The topological polar surface area (TPSA) is 252 Å². The maximum absolute atomic E-state index is 7.08. The molecule has 0 rings (SSSR count). The Morgan fingerprint density at radius 2 is 1.14 bits per heavy atom. The van der Waals surface area contributed by atoms with Crippen molar-refractivity contribution in [3.05, 3.63) is 0 Å². The van der Waals surface area contributed by atoms with E-state index in [1.165, 1.54) is 0 Å². The summed E-state index contributed by atoms with van der Waals surface area (Å²) in [7, 11) is 0. The lowest BCUT2D eigenvalue weighted by Crippen LogP contribution is -2.48. The van der Waals surface area contributed by atoms with Crippen molar-refractivity contribution < 1.29 is 0 Å². The second kappa shape index (κ2) is 25.6. The number of nitrogens with zero attached hydrogens (tertiary/aromatic N) is 7.